The first-order valence-electron chi connectivity index (χ1n) is 6.03. The summed E-state index contributed by atoms with van der Waals surface area (Å²) in [5.41, 5.74) is 1.25. The molecule has 4 heteroatoms. The zero-order valence-electron chi connectivity index (χ0n) is 10.7. The number of fused-ring (bicyclic) bond motifs is 1. The van der Waals surface area contributed by atoms with E-state index in [4.69, 9.17) is 0 Å². The summed E-state index contributed by atoms with van der Waals surface area (Å²) in [6.07, 6.45) is 5.44. The molecule has 0 aliphatic heterocycles. The van der Waals surface area contributed by atoms with Crippen molar-refractivity contribution in [1.82, 2.24) is 10.3 Å². The molecule has 0 amide bonds. The molecule has 1 N–H and O–H groups in total. The Morgan fingerprint density at radius 2 is 2.22 bits per heavy atom. The molecule has 0 saturated carbocycles. The van der Waals surface area contributed by atoms with Crippen LogP contribution in [0.3, 0.4) is 0 Å². The third-order valence-electron chi connectivity index (χ3n) is 3.08. The van der Waals surface area contributed by atoms with E-state index in [1.165, 1.54) is 10.9 Å². The minimum atomic E-state index is -0.768. The predicted molar refractivity (Wildman–Crippen MR) is 77.0 cm³/mol. The van der Waals surface area contributed by atoms with Crippen LogP contribution in [0.1, 0.15) is 12.5 Å². The van der Waals surface area contributed by atoms with E-state index in [0.29, 0.717) is 0 Å². The maximum absolute atomic E-state index is 11.3. The molecule has 0 spiro atoms. The number of rotatable bonds is 5. The van der Waals surface area contributed by atoms with Crippen molar-refractivity contribution in [2.24, 2.45) is 0 Å². The second-order valence-corrected chi connectivity index (χ2v) is 6.26. The summed E-state index contributed by atoms with van der Waals surface area (Å²) in [5.74, 6) is 0. The topological polar surface area (TPSA) is 42.0 Å². The van der Waals surface area contributed by atoms with Crippen LogP contribution in [-0.2, 0) is 17.3 Å². The molecular weight excluding hydrogens is 244 g/mol. The monoisotopic (exact) mass is 262 g/mol. The van der Waals surface area contributed by atoms with Crippen molar-refractivity contribution >= 4 is 21.6 Å². The predicted octanol–water partition coefficient (Wildman–Crippen LogP) is 2.09. The summed E-state index contributed by atoms with van der Waals surface area (Å²) in [5, 5.41) is 5.93. The van der Waals surface area contributed by atoms with E-state index in [0.717, 1.165) is 18.5 Å². The number of benzene rings is 1. The van der Waals surface area contributed by atoms with Crippen molar-refractivity contribution in [2.45, 2.75) is 18.7 Å². The highest BCUT2D eigenvalue weighted by Crippen LogP contribution is 2.17. The van der Waals surface area contributed by atoms with Gasteiger partial charge < -0.3 is 5.32 Å². The number of aromatic nitrogens is 1. The molecule has 18 heavy (non-hydrogen) atoms. The lowest BCUT2D eigenvalue weighted by atomic mass is 10.1. The van der Waals surface area contributed by atoms with Gasteiger partial charge in [0, 0.05) is 53.2 Å². The third kappa shape index (κ3) is 3.15. The van der Waals surface area contributed by atoms with Gasteiger partial charge in [0.15, 0.2) is 0 Å². The number of nitrogens with zero attached hydrogens (tertiary/aromatic N) is 1. The van der Waals surface area contributed by atoms with E-state index in [1.807, 2.05) is 31.5 Å². The third-order valence-corrected chi connectivity index (χ3v) is 4.38. The van der Waals surface area contributed by atoms with Gasteiger partial charge in [0.2, 0.25) is 0 Å². The molecule has 2 rings (SSSR count). The first kappa shape index (κ1) is 13.2. The van der Waals surface area contributed by atoms with Crippen molar-refractivity contribution in [2.75, 3.05) is 12.8 Å². The Morgan fingerprint density at radius 3 is 3.00 bits per heavy atom. The van der Waals surface area contributed by atoms with Crippen LogP contribution in [-0.4, -0.2) is 27.2 Å². The highest BCUT2D eigenvalue weighted by molar-refractivity contribution is 7.84. The minimum Gasteiger partial charge on any atom is -0.311 e. The van der Waals surface area contributed by atoms with E-state index in [2.05, 4.69) is 22.4 Å². The summed E-state index contributed by atoms with van der Waals surface area (Å²) in [4.78, 5) is 4.13. The van der Waals surface area contributed by atoms with Gasteiger partial charge in [-0.2, -0.15) is 0 Å². The van der Waals surface area contributed by atoms with Gasteiger partial charge >= 0.3 is 0 Å². The maximum Gasteiger partial charge on any atom is 0.0441 e. The van der Waals surface area contributed by atoms with Crippen molar-refractivity contribution in [3.63, 3.8) is 0 Å². The lowest BCUT2D eigenvalue weighted by Crippen LogP contribution is -2.27. The largest absolute Gasteiger partial charge is 0.311 e. The number of hydrogen-bond acceptors (Lipinski definition) is 3. The Kier molecular flexibility index (Phi) is 4.44. The molecule has 0 fully saturated rings. The van der Waals surface area contributed by atoms with Gasteiger partial charge in [-0.25, -0.2) is 0 Å². The minimum absolute atomic E-state index is 0.182. The van der Waals surface area contributed by atoms with E-state index >= 15 is 0 Å². The number of pyridine rings is 1. The smallest absolute Gasteiger partial charge is 0.0441 e. The van der Waals surface area contributed by atoms with Gasteiger partial charge in [0.25, 0.3) is 0 Å². The molecular formula is C14H18N2OS. The van der Waals surface area contributed by atoms with E-state index in [9.17, 15) is 4.21 Å². The Hall–Kier alpha value is -1.26. The molecule has 0 aliphatic carbocycles. The molecule has 2 unspecified atom stereocenters. The molecule has 1 heterocycles. The SMILES string of the molecule is CC(CNCc1cccc2cnccc12)S(C)=O. The molecule has 0 bridgehead atoms. The fourth-order valence-corrected chi connectivity index (χ4v) is 2.22. The van der Waals surface area contributed by atoms with E-state index in [1.54, 1.807) is 6.26 Å². The van der Waals surface area contributed by atoms with Gasteiger partial charge in [-0.05, 0) is 23.9 Å². The zero-order valence-corrected chi connectivity index (χ0v) is 11.5. The van der Waals surface area contributed by atoms with Crippen LogP contribution < -0.4 is 5.32 Å². The molecule has 1 aromatic carbocycles. The second-order valence-electron chi connectivity index (χ2n) is 4.45. The van der Waals surface area contributed by atoms with Crippen molar-refractivity contribution in [3.8, 4) is 0 Å². The standard InChI is InChI=1S/C14H18N2OS/c1-11(18(2)17)8-16-10-13-5-3-4-12-9-15-7-6-14(12)13/h3-7,9,11,16H,8,10H2,1-2H3. The summed E-state index contributed by atoms with van der Waals surface area (Å²) in [7, 11) is -0.768. The molecule has 0 radical (unpaired) electrons. The molecule has 0 saturated heterocycles. The Morgan fingerprint density at radius 1 is 1.39 bits per heavy atom. The van der Waals surface area contributed by atoms with Crippen LogP contribution in [0.2, 0.25) is 0 Å². The molecule has 2 atom stereocenters. The summed E-state index contributed by atoms with van der Waals surface area (Å²) < 4.78 is 11.3. The van der Waals surface area contributed by atoms with Crippen molar-refractivity contribution in [3.05, 3.63) is 42.2 Å². The first-order valence-corrected chi connectivity index (χ1v) is 7.65. The summed E-state index contributed by atoms with van der Waals surface area (Å²) in [6.45, 7) is 3.56. The van der Waals surface area contributed by atoms with E-state index < -0.39 is 10.8 Å². The number of nitrogens with one attached hydrogen (secondary N) is 1. The normalized spacial score (nSPS) is 14.6. The number of hydrogen-bond donors (Lipinski definition) is 1. The maximum atomic E-state index is 11.3. The zero-order chi connectivity index (χ0) is 13.0. The van der Waals surface area contributed by atoms with Crippen LogP contribution in [0, 0.1) is 0 Å². The van der Waals surface area contributed by atoms with Crippen LogP contribution in [0.15, 0.2) is 36.7 Å². The quantitative estimate of drug-likeness (QED) is 0.897. The average molecular weight is 262 g/mol. The summed E-state index contributed by atoms with van der Waals surface area (Å²) >= 11 is 0. The fourth-order valence-electron chi connectivity index (χ4n) is 1.87. The Balaban J connectivity index is 2.06. The lowest BCUT2D eigenvalue weighted by Gasteiger charge is -2.11. The highest BCUT2D eigenvalue weighted by Gasteiger charge is 2.06. The Labute approximate surface area is 110 Å². The fraction of sp³-hybridized carbons (Fsp3) is 0.357. The van der Waals surface area contributed by atoms with Gasteiger partial charge in [0.05, 0.1) is 0 Å². The molecule has 1 aromatic heterocycles. The van der Waals surface area contributed by atoms with Crippen molar-refractivity contribution in [1.29, 1.82) is 0 Å². The van der Waals surface area contributed by atoms with Crippen LogP contribution >= 0.6 is 0 Å². The van der Waals surface area contributed by atoms with E-state index in [-0.39, 0.29) is 5.25 Å². The van der Waals surface area contributed by atoms with Gasteiger partial charge in [-0.15, -0.1) is 0 Å². The van der Waals surface area contributed by atoms with Gasteiger partial charge in [0.1, 0.15) is 0 Å². The molecule has 3 nitrogen and oxygen atoms in total. The van der Waals surface area contributed by atoms with Gasteiger partial charge in [-0.1, -0.05) is 18.2 Å². The second kappa shape index (κ2) is 6.07. The molecule has 2 aromatic rings. The van der Waals surface area contributed by atoms with Crippen LogP contribution in [0.4, 0.5) is 0 Å². The average Bonchev–Trinajstić information content (AvgIpc) is 2.38. The molecule has 96 valence electrons. The van der Waals surface area contributed by atoms with Gasteiger partial charge in [-0.3, -0.25) is 9.19 Å². The molecule has 0 aliphatic rings. The highest BCUT2D eigenvalue weighted by atomic mass is 32.2. The van der Waals surface area contributed by atoms with Crippen LogP contribution in [0.5, 0.6) is 0 Å². The Bertz CT molecular complexity index is 551. The lowest BCUT2D eigenvalue weighted by molar-refractivity contribution is 0.648. The first-order chi connectivity index (χ1) is 8.68. The van der Waals surface area contributed by atoms with Crippen LogP contribution in [0.25, 0.3) is 10.8 Å². The summed E-state index contributed by atoms with van der Waals surface area (Å²) in [6, 6.07) is 8.26. The van der Waals surface area contributed by atoms with Crippen molar-refractivity contribution < 1.29 is 4.21 Å².